The van der Waals surface area contributed by atoms with E-state index in [4.69, 9.17) is 0 Å². The van der Waals surface area contributed by atoms with Gasteiger partial charge in [0.05, 0.1) is 7.11 Å². The van der Waals surface area contributed by atoms with Gasteiger partial charge in [-0.1, -0.05) is 13.8 Å². The number of fused-ring (bicyclic) bond motifs is 2. The molecule has 0 heterocycles. The molecule has 0 saturated heterocycles. The summed E-state index contributed by atoms with van der Waals surface area (Å²) < 4.78 is 4.64. The van der Waals surface area contributed by atoms with Crippen LogP contribution in [0, 0.1) is 17.3 Å². The molecule has 3 saturated carbocycles. The van der Waals surface area contributed by atoms with Crippen LogP contribution in [0.25, 0.3) is 0 Å². The predicted octanol–water partition coefficient (Wildman–Crippen LogP) is 2.17. The monoisotopic (exact) mass is 197 g/mol. The highest BCUT2D eigenvalue weighted by atomic mass is 16.5. The zero-order valence-electron chi connectivity index (χ0n) is 9.17. The van der Waals surface area contributed by atoms with E-state index >= 15 is 0 Å². The van der Waals surface area contributed by atoms with Gasteiger partial charge in [-0.15, -0.1) is 0 Å². The fraction of sp³-hybridized carbons (Fsp3) is 0.909. The summed E-state index contributed by atoms with van der Waals surface area (Å²) in [6, 6.07) is 0.336. The van der Waals surface area contributed by atoms with Crippen LogP contribution in [-0.2, 0) is 4.74 Å². The lowest BCUT2D eigenvalue weighted by molar-refractivity contribution is -0.0851. The Labute approximate surface area is 85.2 Å². The number of alkyl carbamates (subject to hydrolysis) is 1. The Bertz CT molecular complexity index is 248. The number of methoxy groups -OCH3 is 1. The summed E-state index contributed by atoms with van der Waals surface area (Å²) in [6.45, 7) is 4.63. The Morgan fingerprint density at radius 3 is 2.64 bits per heavy atom. The average Bonchev–Trinajstić information content (AvgIpc) is 2.17. The second-order valence-electron chi connectivity index (χ2n) is 5.18. The summed E-state index contributed by atoms with van der Waals surface area (Å²) in [5.41, 5.74) is 0.421. The van der Waals surface area contributed by atoms with E-state index in [9.17, 15) is 4.79 Å². The largest absolute Gasteiger partial charge is 0.453 e. The zero-order valence-corrected chi connectivity index (χ0v) is 9.17. The molecule has 3 nitrogen and oxygen atoms in total. The van der Waals surface area contributed by atoms with Gasteiger partial charge in [0.1, 0.15) is 0 Å². The van der Waals surface area contributed by atoms with Crippen molar-refractivity contribution in [1.29, 1.82) is 0 Å². The third-order valence-corrected chi connectivity index (χ3v) is 4.35. The number of amides is 1. The van der Waals surface area contributed by atoms with Crippen LogP contribution in [0.3, 0.4) is 0 Å². The molecule has 3 atom stereocenters. The van der Waals surface area contributed by atoms with Crippen LogP contribution in [-0.4, -0.2) is 19.2 Å². The molecule has 3 fully saturated rings. The van der Waals surface area contributed by atoms with Gasteiger partial charge < -0.3 is 10.1 Å². The van der Waals surface area contributed by atoms with Crippen molar-refractivity contribution in [2.24, 2.45) is 17.3 Å². The predicted molar refractivity (Wildman–Crippen MR) is 53.9 cm³/mol. The first kappa shape index (κ1) is 9.81. The van der Waals surface area contributed by atoms with Crippen LogP contribution in [0.4, 0.5) is 4.79 Å². The van der Waals surface area contributed by atoms with E-state index in [1.54, 1.807) is 0 Å². The number of rotatable bonds is 1. The quantitative estimate of drug-likeness (QED) is 0.699. The van der Waals surface area contributed by atoms with Crippen molar-refractivity contribution in [2.75, 3.05) is 7.11 Å². The maximum Gasteiger partial charge on any atom is 0.407 e. The van der Waals surface area contributed by atoms with Gasteiger partial charge in [0, 0.05) is 6.04 Å². The molecular weight excluding hydrogens is 178 g/mol. The summed E-state index contributed by atoms with van der Waals surface area (Å²) in [7, 11) is 1.42. The van der Waals surface area contributed by atoms with E-state index in [1.165, 1.54) is 20.0 Å². The minimum absolute atomic E-state index is 0.281. The molecule has 80 valence electrons. The van der Waals surface area contributed by atoms with Crippen LogP contribution in [0.15, 0.2) is 0 Å². The molecule has 0 aliphatic heterocycles. The average molecular weight is 197 g/mol. The SMILES string of the molecule is COC(=O)NC1CCC2CC1C2(C)C. The van der Waals surface area contributed by atoms with Crippen molar-refractivity contribution >= 4 is 6.09 Å². The second kappa shape index (κ2) is 3.14. The van der Waals surface area contributed by atoms with Crippen LogP contribution in [0.1, 0.15) is 33.1 Å². The Hall–Kier alpha value is -0.730. The molecule has 0 aromatic rings. The first-order valence-corrected chi connectivity index (χ1v) is 5.40. The highest BCUT2D eigenvalue weighted by Crippen LogP contribution is 2.58. The molecule has 0 aromatic heterocycles. The smallest absolute Gasteiger partial charge is 0.407 e. The third kappa shape index (κ3) is 1.30. The zero-order chi connectivity index (χ0) is 10.3. The molecule has 1 amide bonds. The van der Waals surface area contributed by atoms with E-state index in [2.05, 4.69) is 23.9 Å². The molecular formula is C11H19NO2. The normalized spacial score (nSPS) is 38.4. The van der Waals surface area contributed by atoms with Crippen LogP contribution in [0.5, 0.6) is 0 Å². The number of hydrogen-bond acceptors (Lipinski definition) is 2. The number of ether oxygens (including phenoxy) is 1. The Morgan fingerprint density at radius 2 is 2.14 bits per heavy atom. The standard InChI is InChI=1S/C11H19NO2/c1-11(2)7-4-5-9(8(11)6-7)12-10(13)14-3/h7-9H,4-6H2,1-3H3,(H,12,13). The van der Waals surface area contributed by atoms with E-state index < -0.39 is 0 Å². The first-order chi connectivity index (χ1) is 6.55. The maximum absolute atomic E-state index is 11.1. The van der Waals surface area contributed by atoms with Crippen molar-refractivity contribution in [3.63, 3.8) is 0 Å². The highest BCUT2D eigenvalue weighted by Gasteiger charge is 2.54. The molecule has 3 rings (SSSR count). The molecule has 2 bridgehead atoms. The van der Waals surface area contributed by atoms with Gasteiger partial charge in [0.2, 0.25) is 0 Å². The van der Waals surface area contributed by atoms with Gasteiger partial charge >= 0.3 is 6.09 Å². The summed E-state index contributed by atoms with van der Waals surface area (Å²) in [5, 5.41) is 2.95. The first-order valence-electron chi connectivity index (χ1n) is 5.40. The second-order valence-corrected chi connectivity index (χ2v) is 5.18. The molecule has 0 radical (unpaired) electrons. The lowest BCUT2D eigenvalue weighted by Gasteiger charge is -2.59. The van der Waals surface area contributed by atoms with Crippen molar-refractivity contribution in [1.82, 2.24) is 5.32 Å². The van der Waals surface area contributed by atoms with E-state index in [-0.39, 0.29) is 6.09 Å². The molecule has 3 heteroatoms. The third-order valence-electron chi connectivity index (χ3n) is 4.35. The molecule has 3 aliphatic rings. The van der Waals surface area contributed by atoms with Gasteiger partial charge in [0.15, 0.2) is 0 Å². The van der Waals surface area contributed by atoms with Gasteiger partial charge in [-0.25, -0.2) is 4.79 Å². The van der Waals surface area contributed by atoms with Crippen molar-refractivity contribution in [3.8, 4) is 0 Å². The molecule has 3 aliphatic carbocycles. The molecule has 0 spiro atoms. The fourth-order valence-corrected chi connectivity index (χ4v) is 3.19. The topological polar surface area (TPSA) is 38.3 Å². The van der Waals surface area contributed by atoms with Gasteiger partial charge in [-0.05, 0) is 36.5 Å². The Kier molecular flexibility index (Phi) is 2.20. The summed E-state index contributed by atoms with van der Waals surface area (Å²) >= 11 is 0. The number of carbonyl (C=O) groups excluding carboxylic acids is 1. The van der Waals surface area contributed by atoms with Gasteiger partial charge in [0.25, 0.3) is 0 Å². The number of hydrogen-bond donors (Lipinski definition) is 1. The van der Waals surface area contributed by atoms with Crippen LogP contribution in [0.2, 0.25) is 0 Å². The van der Waals surface area contributed by atoms with Gasteiger partial charge in [-0.3, -0.25) is 0 Å². The fourth-order valence-electron chi connectivity index (χ4n) is 3.19. The maximum atomic E-state index is 11.1. The summed E-state index contributed by atoms with van der Waals surface area (Å²) in [6.07, 6.45) is 3.37. The number of nitrogens with one attached hydrogen (secondary N) is 1. The van der Waals surface area contributed by atoms with E-state index in [1.807, 2.05) is 0 Å². The highest BCUT2D eigenvalue weighted by molar-refractivity contribution is 5.67. The lowest BCUT2D eigenvalue weighted by Crippen LogP contribution is -2.59. The van der Waals surface area contributed by atoms with Crippen LogP contribution >= 0.6 is 0 Å². The summed E-state index contributed by atoms with van der Waals surface area (Å²) in [4.78, 5) is 11.1. The van der Waals surface area contributed by atoms with Crippen molar-refractivity contribution < 1.29 is 9.53 Å². The molecule has 0 aromatic carbocycles. The van der Waals surface area contributed by atoms with E-state index in [0.29, 0.717) is 17.4 Å². The molecule has 1 N–H and O–H groups in total. The summed E-state index contributed by atoms with van der Waals surface area (Å²) in [5.74, 6) is 1.53. The Balaban J connectivity index is 1.97. The Morgan fingerprint density at radius 1 is 1.43 bits per heavy atom. The molecule has 14 heavy (non-hydrogen) atoms. The minimum atomic E-state index is -0.281. The van der Waals surface area contributed by atoms with Gasteiger partial charge in [-0.2, -0.15) is 0 Å². The van der Waals surface area contributed by atoms with Crippen molar-refractivity contribution in [2.45, 2.75) is 39.2 Å². The van der Waals surface area contributed by atoms with Crippen LogP contribution < -0.4 is 5.32 Å². The minimum Gasteiger partial charge on any atom is -0.453 e. The molecule has 3 unspecified atom stereocenters. The lowest BCUT2D eigenvalue weighted by atomic mass is 9.47. The van der Waals surface area contributed by atoms with E-state index in [0.717, 1.165) is 12.3 Å². The van der Waals surface area contributed by atoms with Crippen molar-refractivity contribution in [3.05, 3.63) is 0 Å². The number of carbonyl (C=O) groups is 1.